The molecule has 21 heavy (non-hydrogen) atoms. The first-order chi connectivity index (χ1) is 10.1. The van der Waals surface area contributed by atoms with Crippen molar-refractivity contribution >= 4 is 40.4 Å². The largest absolute Gasteiger partial charge is 0.497 e. The summed E-state index contributed by atoms with van der Waals surface area (Å²) in [7, 11) is 1.61. The van der Waals surface area contributed by atoms with Crippen LogP contribution >= 0.6 is 34.5 Å². The average molecular weight is 341 g/mol. The molecule has 3 aromatic rings. The Kier molecular flexibility index (Phi) is 3.80. The minimum Gasteiger partial charge on any atom is -0.497 e. The van der Waals surface area contributed by atoms with Crippen molar-refractivity contribution in [3.8, 4) is 28.1 Å². The highest BCUT2D eigenvalue weighted by Crippen LogP contribution is 2.43. The Bertz CT molecular complexity index is 781. The van der Waals surface area contributed by atoms with Gasteiger partial charge in [-0.2, -0.15) is 0 Å². The third-order valence-corrected chi connectivity index (χ3v) is 4.50. The van der Waals surface area contributed by atoms with Gasteiger partial charge in [0.25, 0.3) is 0 Å². The SMILES string of the molecule is COc1ccc(-c2c(-c3cc(Cl)sc3Cl)noc2N)cc1. The lowest BCUT2D eigenvalue weighted by Crippen LogP contribution is -1.88. The fourth-order valence-corrected chi connectivity index (χ4v) is 3.49. The minimum absolute atomic E-state index is 0.230. The molecule has 0 radical (unpaired) electrons. The third-order valence-electron chi connectivity index (χ3n) is 3.01. The number of thiophene rings is 1. The number of methoxy groups -OCH3 is 1. The number of benzene rings is 1. The molecule has 0 fully saturated rings. The summed E-state index contributed by atoms with van der Waals surface area (Å²) < 4.78 is 11.4. The number of anilines is 1. The first kappa shape index (κ1) is 14.3. The predicted molar refractivity (Wildman–Crippen MR) is 86.2 cm³/mol. The van der Waals surface area contributed by atoms with E-state index in [-0.39, 0.29) is 5.88 Å². The van der Waals surface area contributed by atoms with Crippen LogP contribution in [0.5, 0.6) is 5.75 Å². The topological polar surface area (TPSA) is 61.3 Å². The standard InChI is InChI=1S/C14H10Cl2N2O2S/c1-19-8-4-2-7(3-5-8)11-12(18-20-14(11)17)9-6-10(15)21-13(9)16/h2-6H,17H2,1H3. The molecule has 0 saturated heterocycles. The second kappa shape index (κ2) is 5.60. The molecule has 0 amide bonds. The molecule has 0 bridgehead atoms. The van der Waals surface area contributed by atoms with Gasteiger partial charge in [0.05, 0.1) is 17.0 Å². The summed E-state index contributed by atoms with van der Waals surface area (Å²) in [5.74, 6) is 0.987. The Hall–Kier alpha value is -1.69. The molecule has 0 saturated carbocycles. The molecule has 2 heterocycles. The van der Waals surface area contributed by atoms with Crippen molar-refractivity contribution in [2.45, 2.75) is 0 Å². The number of hydrogen-bond acceptors (Lipinski definition) is 5. The highest BCUT2D eigenvalue weighted by Gasteiger charge is 2.21. The number of ether oxygens (including phenoxy) is 1. The summed E-state index contributed by atoms with van der Waals surface area (Å²) in [5, 5.41) is 4.01. The van der Waals surface area contributed by atoms with Gasteiger partial charge in [-0.25, -0.2) is 0 Å². The maximum Gasteiger partial charge on any atom is 0.230 e. The number of nitrogens with zero attached hydrogens (tertiary/aromatic N) is 1. The van der Waals surface area contributed by atoms with Crippen molar-refractivity contribution in [2.24, 2.45) is 0 Å². The summed E-state index contributed by atoms with van der Waals surface area (Å²) in [6, 6.07) is 9.20. The first-order valence-electron chi connectivity index (χ1n) is 5.95. The van der Waals surface area contributed by atoms with E-state index in [1.54, 1.807) is 13.2 Å². The summed E-state index contributed by atoms with van der Waals surface area (Å²) in [5.41, 5.74) is 8.74. The third kappa shape index (κ3) is 2.60. The second-order valence-corrected chi connectivity index (χ2v) is 6.52. The number of hydrogen-bond donors (Lipinski definition) is 1. The zero-order chi connectivity index (χ0) is 15.0. The first-order valence-corrected chi connectivity index (χ1v) is 7.52. The molecule has 0 atom stereocenters. The van der Waals surface area contributed by atoms with Crippen molar-refractivity contribution in [3.63, 3.8) is 0 Å². The Morgan fingerprint density at radius 3 is 2.52 bits per heavy atom. The van der Waals surface area contributed by atoms with Gasteiger partial charge in [0.2, 0.25) is 5.88 Å². The Labute approximate surface area is 135 Å². The van der Waals surface area contributed by atoms with E-state index in [0.29, 0.717) is 25.5 Å². The maximum absolute atomic E-state index is 6.19. The van der Waals surface area contributed by atoms with Crippen LogP contribution in [0, 0.1) is 0 Å². The normalized spacial score (nSPS) is 10.8. The van der Waals surface area contributed by atoms with E-state index in [2.05, 4.69) is 5.16 Å². The summed E-state index contributed by atoms with van der Waals surface area (Å²) in [4.78, 5) is 0. The van der Waals surface area contributed by atoms with E-state index < -0.39 is 0 Å². The van der Waals surface area contributed by atoms with Crippen molar-refractivity contribution in [3.05, 3.63) is 39.0 Å². The predicted octanol–water partition coefficient (Wildman–Crippen LogP) is 4.97. The van der Waals surface area contributed by atoms with Crippen molar-refractivity contribution in [1.82, 2.24) is 5.16 Å². The second-order valence-electron chi connectivity index (χ2n) is 4.24. The molecule has 0 unspecified atom stereocenters. The number of halogens is 2. The van der Waals surface area contributed by atoms with E-state index in [4.69, 9.17) is 38.2 Å². The van der Waals surface area contributed by atoms with Crippen LogP contribution in [0.2, 0.25) is 8.67 Å². The molecule has 108 valence electrons. The Balaban J connectivity index is 2.14. The zero-order valence-corrected chi connectivity index (χ0v) is 13.2. The Morgan fingerprint density at radius 2 is 1.95 bits per heavy atom. The molecule has 2 aromatic heterocycles. The highest BCUT2D eigenvalue weighted by atomic mass is 35.5. The maximum atomic E-state index is 6.19. The van der Waals surface area contributed by atoms with Crippen molar-refractivity contribution in [2.75, 3.05) is 12.8 Å². The lowest BCUT2D eigenvalue weighted by Gasteiger charge is -2.04. The molecule has 0 aliphatic rings. The van der Waals surface area contributed by atoms with Gasteiger partial charge in [0.15, 0.2) is 0 Å². The van der Waals surface area contributed by atoms with E-state index in [1.807, 2.05) is 24.3 Å². The number of rotatable bonds is 3. The van der Waals surface area contributed by atoms with Crippen molar-refractivity contribution in [1.29, 1.82) is 0 Å². The summed E-state index contributed by atoms with van der Waals surface area (Å²) in [6.45, 7) is 0. The molecule has 0 aliphatic carbocycles. The van der Waals surface area contributed by atoms with Crippen LogP contribution in [0.25, 0.3) is 22.4 Å². The van der Waals surface area contributed by atoms with Gasteiger partial charge >= 0.3 is 0 Å². The quantitative estimate of drug-likeness (QED) is 0.731. The highest BCUT2D eigenvalue weighted by molar-refractivity contribution is 7.20. The van der Waals surface area contributed by atoms with Gasteiger partial charge in [0, 0.05) is 5.56 Å². The van der Waals surface area contributed by atoms with E-state index >= 15 is 0 Å². The molecule has 0 spiro atoms. The van der Waals surface area contributed by atoms with Crippen LogP contribution in [-0.4, -0.2) is 12.3 Å². The lowest BCUT2D eigenvalue weighted by atomic mass is 10.0. The molecule has 1 aromatic carbocycles. The van der Waals surface area contributed by atoms with E-state index in [9.17, 15) is 0 Å². The summed E-state index contributed by atoms with van der Waals surface area (Å²) >= 11 is 13.4. The monoisotopic (exact) mass is 340 g/mol. The van der Waals surface area contributed by atoms with Crippen LogP contribution in [0.3, 0.4) is 0 Å². The summed E-state index contributed by atoms with van der Waals surface area (Å²) in [6.07, 6.45) is 0. The molecular weight excluding hydrogens is 331 g/mol. The number of aromatic nitrogens is 1. The lowest BCUT2D eigenvalue weighted by molar-refractivity contribution is 0.415. The van der Waals surface area contributed by atoms with Gasteiger partial charge in [0.1, 0.15) is 15.8 Å². The van der Waals surface area contributed by atoms with Gasteiger partial charge in [-0.1, -0.05) is 40.5 Å². The van der Waals surface area contributed by atoms with Gasteiger partial charge in [-0.05, 0) is 23.8 Å². The van der Waals surface area contributed by atoms with Gasteiger partial charge in [-0.3, -0.25) is 0 Å². The van der Waals surface area contributed by atoms with Gasteiger partial charge < -0.3 is 15.0 Å². The molecule has 2 N–H and O–H groups in total. The minimum atomic E-state index is 0.230. The van der Waals surface area contributed by atoms with Crippen LogP contribution < -0.4 is 10.5 Å². The van der Waals surface area contributed by atoms with E-state index in [0.717, 1.165) is 11.3 Å². The molecular formula is C14H10Cl2N2O2S. The fourth-order valence-electron chi connectivity index (χ4n) is 2.03. The molecule has 4 nitrogen and oxygen atoms in total. The molecule has 3 rings (SSSR count). The average Bonchev–Trinajstić information content (AvgIpc) is 3.01. The number of nitrogens with two attached hydrogens (primary N) is 1. The Morgan fingerprint density at radius 1 is 1.24 bits per heavy atom. The molecule has 0 aliphatic heterocycles. The van der Waals surface area contributed by atoms with Crippen LogP contribution in [0.15, 0.2) is 34.9 Å². The van der Waals surface area contributed by atoms with Crippen LogP contribution in [0.1, 0.15) is 0 Å². The van der Waals surface area contributed by atoms with Crippen LogP contribution in [0.4, 0.5) is 5.88 Å². The molecule has 7 heteroatoms. The van der Waals surface area contributed by atoms with Gasteiger partial charge in [-0.15, -0.1) is 11.3 Å². The van der Waals surface area contributed by atoms with Crippen LogP contribution in [-0.2, 0) is 0 Å². The fraction of sp³-hybridized carbons (Fsp3) is 0.0714. The smallest absolute Gasteiger partial charge is 0.230 e. The number of nitrogen functional groups attached to an aromatic ring is 1. The van der Waals surface area contributed by atoms with E-state index in [1.165, 1.54) is 11.3 Å². The zero-order valence-electron chi connectivity index (χ0n) is 10.9. The van der Waals surface area contributed by atoms with Crippen molar-refractivity contribution < 1.29 is 9.26 Å².